The van der Waals surface area contributed by atoms with Crippen molar-refractivity contribution in [1.82, 2.24) is 0 Å². The molecule has 0 aromatic carbocycles. The van der Waals surface area contributed by atoms with E-state index < -0.39 is 14.1 Å². The summed E-state index contributed by atoms with van der Waals surface area (Å²) < 4.78 is 14.0. The Balaban J connectivity index is 3.58. The molecule has 0 saturated heterocycles. The Morgan fingerprint density at radius 2 is 2.10 bits per heavy atom. The van der Waals surface area contributed by atoms with Crippen LogP contribution in [0.4, 0.5) is 0 Å². The molecule has 1 atom stereocenters. The van der Waals surface area contributed by atoms with E-state index in [4.69, 9.17) is 20.6 Å². The number of phosphoric ester groups is 1. The van der Waals surface area contributed by atoms with Crippen molar-refractivity contribution >= 4 is 7.82 Å². The van der Waals surface area contributed by atoms with Gasteiger partial charge < -0.3 is 20.6 Å². The van der Waals surface area contributed by atoms with Crippen LogP contribution in [-0.2, 0) is 9.09 Å². The smallest absolute Gasteiger partial charge is 0.396 e. The van der Waals surface area contributed by atoms with Crippen LogP contribution in [0.5, 0.6) is 0 Å². The number of aliphatic hydroxyl groups is 1. The fourth-order valence-corrected chi connectivity index (χ4v) is 0.814. The van der Waals surface area contributed by atoms with E-state index >= 15 is 0 Å². The Morgan fingerprint density at radius 1 is 1.60 bits per heavy atom. The molecule has 7 heteroatoms. The van der Waals surface area contributed by atoms with Gasteiger partial charge in [0.15, 0.2) is 0 Å². The van der Waals surface area contributed by atoms with Gasteiger partial charge in [0.2, 0.25) is 0 Å². The topological polar surface area (TPSA) is 113 Å². The van der Waals surface area contributed by atoms with Gasteiger partial charge in [-0.3, -0.25) is 4.52 Å². The first kappa shape index (κ1) is 10.0. The molecule has 5 N–H and O–H groups in total. The maximum atomic E-state index is 10.0. The third-order valence-electron chi connectivity index (χ3n) is 0.686. The molecule has 1 unspecified atom stereocenters. The molecule has 0 aromatic heterocycles. The van der Waals surface area contributed by atoms with Crippen LogP contribution in [0, 0.1) is 0 Å². The monoisotopic (exact) mass is 171 g/mol. The Hall–Kier alpha value is 0.0300. The van der Waals surface area contributed by atoms with E-state index in [0.29, 0.717) is 0 Å². The fraction of sp³-hybridized carbons (Fsp3) is 1.00. The summed E-state index contributed by atoms with van der Waals surface area (Å²) in [5.41, 5.74) is 5.00. The van der Waals surface area contributed by atoms with Crippen molar-refractivity contribution in [1.29, 1.82) is 0 Å². The summed E-state index contributed by atoms with van der Waals surface area (Å²) in [5.74, 6) is 0. The molecule has 0 aliphatic heterocycles. The summed E-state index contributed by atoms with van der Waals surface area (Å²) in [5, 5.41) is 8.22. The van der Waals surface area contributed by atoms with E-state index in [1.165, 1.54) is 0 Å². The maximum absolute atomic E-state index is 10.0. The van der Waals surface area contributed by atoms with Crippen LogP contribution in [-0.4, -0.2) is 27.7 Å². The summed E-state index contributed by atoms with van der Waals surface area (Å²) in [7, 11) is -4.49. The molecule has 0 aliphatic rings. The standard InChI is InChI=1S/C3H10NO5P/c4-3(1-2-5)9-10(6,7)8/h3,5H,1-2,4H2,(H2,6,7,8). The van der Waals surface area contributed by atoms with Gasteiger partial charge in [-0.25, -0.2) is 4.57 Å². The maximum Gasteiger partial charge on any atom is 0.471 e. The highest BCUT2D eigenvalue weighted by molar-refractivity contribution is 7.46. The summed E-state index contributed by atoms with van der Waals surface area (Å²) in [6.45, 7) is -0.263. The second-order valence-electron chi connectivity index (χ2n) is 1.65. The molecule has 0 heterocycles. The third kappa shape index (κ3) is 6.15. The van der Waals surface area contributed by atoms with Gasteiger partial charge in [-0.1, -0.05) is 0 Å². The van der Waals surface area contributed by atoms with Crippen molar-refractivity contribution in [3.63, 3.8) is 0 Å². The SMILES string of the molecule is NC(CCO)OP(=O)(O)O. The van der Waals surface area contributed by atoms with Gasteiger partial charge >= 0.3 is 7.82 Å². The molecule has 0 bridgehead atoms. The van der Waals surface area contributed by atoms with Crippen LogP contribution < -0.4 is 5.73 Å². The van der Waals surface area contributed by atoms with Crippen LogP contribution in [0.15, 0.2) is 0 Å². The van der Waals surface area contributed by atoms with Gasteiger partial charge in [-0.15, -0.1) is 0 Å². The average molecular weight is 171 g/mol. The van der Waals surface area contributed by atoms with Crippen LogP contribution in [0.25, 0.3) is 0 Å². The quantitative estimate of drug-likeness (QED) is 0.311. The van der Waals surface area contributed by atoms with Gasteiger partial charge in [0, 0.05) is 13.0 Å². The largest absolute Gasteiger partial charge is 0.471 e. The van der Waals surface area contributed by atoms with E-state index in [0.717, 1.165) is 0 Å². The number of nitrogens with two attached hydrogens (primary N) is 1. The number of hydrogen-bond acceptors (Lipinski definition) is 4. The molecule has 0 amide bonds. The van der Waals surface area contributed by atoms with Crippen LogP contribution in [0.1, 0.15) is 6.42 Å². The number of aliphatic hydroxyl groups excluding tert-OH is 1. The van der Waals surface area contributed by atoms with E-state index in [9.17, 15) is 4.57 Å². The lowest BCUT2D eigenvalue weighted by Gasteiger charge is -2.10. The van der Waals surface area contributed by atoms with Crippen molar-refractivity contribution in [2.75, 3.05) is 6.61 Å². The normalized spacial score (nSPS) is 15.2. The average Bonchev–Trinajstić information content (AvgIpc) is 1.59. The number of phosphoric acid groups is 1. The van der Waals surface area contributed by atoms with Crippen LogP contribution in [0.2, 0.25) is 0 Å². The third-order valence-corrected chi connectivity index (χ3v) is 1.23. The first-order valence-corrected chi connectivity index (χ1v) is 4.09. The lowest BCUT2D eigenvalue weighted by atomic mass is 10.4. The molecule has 10 heavy (non-hydrogen) atoms. The van der Waals surface area contributed by atoms with Gasteiger partial charge in [-0.05, 0) is 0 Å². The molecule has 0 fully saturated rings. The Labute approximate surface area is 57.9 Å². The fourth-order valence-electron chi connectivity index (χ4n) is 0.356. The van der Waals surface area contributed by atoms with Gasteiger partial charge in [-0.2, -0.15) is 0 Å². The van der Waals surface area contributed by atoms with Crippen molar-refractivity contribution < 1.29 is 24.0 Å². The van der Waals surface area contributed by atoms with Crippen LogP contribution in [0.3, 0.4) is 0 Å². The van der Waals surface area contributed by atoms with E-state index in [1.807, 2.05) is 0 Å². The molecule has 0 aromatic rings. The second-order valence-corrected chi connectivity index (χ2v) is 2.84. The zero-order chi connectivity index (χ0) is 8.20. The highest BCUT2D eigenvalue weighted by Gasteiger charge is 2.18. The molecular formula is C3H10NO5P. The second kappa shape index (κ2) is 4.02. The van der Waals surface area contributed by atoms with Crippen molar-refractivity contribution in [2.24, 2.45) is 5.73 Å². The van der Waals surface area contributed by atoms with E-state index in [2.05, 4.69) is 4.52 Å². The minimum Gasteiger partial charge on any atom is -0.396 e. The minimum absolute atomic E-state index is 0.00507. The number of hydrogen-bond donors (Lipinski definition) is 4. The molecule has 0 saturated carbocycles. The van der Waals surface area contributed by atoms with E-state index in [1.54, 1.807) is 0 Å². The lowest BCUT2D eigenvalue weighted by molar-refractivity contribution is 0.113. The Bertz CT molecular complexity index is 133. The van der Waals surface area contributed by atoms with Crippen molar-refractivity contribution in [2.45, 2.75) is 12.6 Å². The van der Waals surface area contributed by atoms with Crippen LogP contribution >= 0.6 is 7.82 Å². The molecule has 0 aliphatic carbocycles. The van der Waals surface area contributed by atoms with Gasteiger partial charge in [0.1, 0.15) is 6.23 Å². The minimum atomic E-state index is -4.49. The van der Waals surface area contributed by atoms with Gasteiger partial charge in [0.25, 0.3) is 0 Å². The Kier molecular flexibility index (Phi) is 4.04. The number of rotatable bonds is 4. The predicted molar refractivity (Wildman–Crippen MR) is 32.8 cm³/mol. The highest BCUT2D eigenvalue weighted by Crippen LogP contribution is 2.36. The Morgan fingerprint density at radius 3 is 2.40 bits per heavy atom. The molecule has 62 valence electrons. The highest BCUT2D eigenvalue weighted by atomic mass is 31.2. The predicted octanol–water partition coefficient (Wildman–Crippen LogP) is -1.24. The van der Waals surface area contributed by atoms with Crippen molar-refractivity contribution in [3.05, 3.63) is 0 Å². The molecule has 0 spiro atoms. The molecule has 6 nitrogen and oxygen atoms in total. The summed E-state index contributed by atoms with van der Waals surface area (Å²) in [6.07, 6.45) is -1.10. The van der Waals surface area contributed by atoms with Crippen molar-refractivity contribution in [3.8, 4) is 0 Å². The first-order valence-electron chi connectivity index (χ1n) is 2.56. The molecular weight excluding hydrogens is 161 g/mol. The summed E-state index contributed by atoms with van der Waals surface area (Å²) in [6, 6.07) is 0. The first-order chi connectivity index (χ1) is 4.45. The summed E-state index contributed by atoms with van der Waals surface area (Å²) >= 11 is 0. The zero-order valence-corrected chi connectivity index (χ0v) is 6.07. The molecule has 0 radical (unpaired) electrons. The zero-order valence-electron chi connectivity index (χ0n) is 5.17. The van der Waals surface area contributed by atoms with E-state index in [-0.39, 0.29) is 13.0 Å². The van der Waals surface area contributed by atoms with Gasteiger partial charge in [0.05, 0.1) is 0 Å². The lowest BCUT2D eigenvalue weighted by Crippen LogP contribution is -2.23. The summed E-state index contributed by atoms with van der Waals surface area (Å²) in [4.78, 5) is 16.3. The molecule has 0 rings (SSSR count).